The topological polar surface area (TPSA) is 52.6 Å². The van der Waals surface area contributed by atoms with E-state index >= 15 is 0 Å². The highest BCUT2D eigenvalue weighted by Crippen LogP contribution is 2.16. The number of hydrogen-bond donors (Lipinski definition) is 0. The zero-order valence-electron chi connectivity index (χ0n) is 10.7. The maximum atomic E-state index is 11.9. The van der Waals surface area contributed by atoms with Gasteiger partial charge in [0, 0.05) is 0 Å². The molecule has 1 unspecified atom stereocenters. The van der Waals surface area contributed by atoms with Crippen molar-refractivity contribution in [1.82, 2.24) is 0 Å². The zero-order chi connectivity index (χ0) is 13.4. The molecule has 0 saturated carbocycles. The van der Waals surface area contributed by atoms with Gasteiger partial charge in [-0.25, -0.2) is 0 Å². The Balaban J connectivity index is 2.54. The number of hydrogen-bond acceptors (Lipinski definition) is 4. The number of carbonyl (C=O) groups excluding carboxylic acids is 2. The predicted octanol–water partition coefficient (Wildman–Crippen LogP) is 2.57. The summed E-state index contributed by atoms with van der Waals surface area (Å²) >= 11 is 0. The molecule has 18 heavy (non-hydrogen) atoms. The van der Waals surface area contributed by atoms with Crippen LogP contribution in [0.15, 0.2) is 30.3 Å². The average molecular weight is 250 g/mol. The van der Waals surface area contributed by atoms with Gasteiger partial charge in [0.15, 0.2) is 0 Å². The number of benzene rings is 1. The van der Waals surface area contributed by atoms with Gasteiger partial charge in [-0.15, -0.1) is 0 Å². The minimum absolute atomic E-state index is 0.0655. The molecule has 1 rings (SSSR count). The van der Waals surface area contributed by atoms with Crippen molar-refractivity contribution in [3.8, 4) is 5.75 Å². The standard InChI is InChI=1S/C14H18O4/c1-3-11(10-13(15)17-4-2)14(16)18-12-8-6-5-7-9-12/h5-9,11H,3-4,10H2,1-2H3. The summed E-state index contributed by atoms with van der Waals surface area (Å²) in [5.41, 5.74) is 0. The van der Waals surface area contributed by atoms with Crippen molar-refractivity contribution < 1.29 is 19.1 Å². The first-order chi connectivity index (χ1) is 8.67. The van der Waals surface area contributed by atoms with E-state index in [0.717, 1.165) is 0 Å². The fraction of sp³-hybridized carbons (Fsp3) is 0.429. The molecule has 0 saturated heterocycles. The Bertz CT molecular complexity index is 386. The Morgan fingerprint density at radius 3 is 2.39 bits per heavy atom. The van der Waals surface area contributed by atoms with Crippen LogP contribution >= 0.6 is 0 Å². The highest BCUT2D eigenvalue weighted by Gasteiger charge is 2.22. The van der Waals surface area contributed by atoms with Gasteiger partial charge in [0.2, 0.25) is 0 Å². The van der Waals surface area contributed by atoms with Crippen LogP contribution in [-0.2, 0) is 14.3 Å². The summed E-state index contributed by atoms with van der Waals surface area (Å²) in [6.45, 7) is 3.90. The van der Waals surface area contributed by atoms with Crippen LogP contribution in [0.3, 0.4) is 0 Å². The summed E-state index contributed by atoms with van der Waals surface area (Å²) in [6.07, 6.45) is 0.612. The third-order valence-electron chi connectivity index (χ3n) is 2.51. The summed E-state index contributed by atoms with van der Waals surface area (Å²) < 4.78 is 10.0. The van der Waals surface area contributed by atoms with E-state index in [4.69, 9.17) is 9.47 Å². The highest BCUT2D eigenvalue weighted by atomic mass is 16.5. The van der Waals surface area contributed by atoms with E-state index in [2.05, 4.69) is 0 Å². The molecule has 0 spiro atoms. The van der Waals surface area contributed by atoms with Crippen molar-refractivity contribution in [3.63, 3.8) is 0 Å². The van der Waals surface area contributed by atoms with Gasteiger partial charge in [0.25, 0.3) is 0 Å². The van der Waals surface area contributed by atoms with Gasteiger partial charge in [-0.2, -0.15) is 0 Å². The minimum atomic E-state index is -0.454. The lowest BCUT2D eigenvalue weighted by molar-refractivity contribution is -0.150. The second-order valence-corrected chi connectivity index (χ2v) is 3.85. The van der Waals surface area contributed by atoms with Crippen LogP contribution in [0.2, 0.25) is 0 Å². The Hall–Kier alpha value is -1.84. The van der Waals surface area contributed by atoms with Crippen LogP contribution in [0.5, 0.6) is 5.75 Å². The summed E-state index contributed by atoms with van der Waals surface area (Å²) in [6, 6.07) is 8.82. The van der Waals surface area contributed by atoms with Gasteiger partial charge in [-0.3, -0.25) is 9.59 Å². The summed E-state index contributed by atoms with van der Waals surface area (Å²) in [7, 11) is 0. The van der Waals surface area contributed by atoms with Gasteiger partial charge in [-0.05, 0) is 25.5 Å². The maximum Gasteiger partial charge on any atom is 0.314 e. The molecular formula is C14H18O4. The molecule has 0 aromatic heterocycles. The second kappa shape index (κ2) is 7.48. The monoisotopic (exact) mass is 250 g/mol. The second-order valence-electron chi connectivity index (χ2n) is 3.85. The molecule has 0 aliphatic rings. The first-order valence-corrected chi connectivity index (χ1v) is 6.09. The third-order valence-corrected chi connectivity index (χ3v) is 2.51. The molecule has 0 fully saturated rings. The molecular weight excluding hydrogens is 232 g/mol. The van der Waals surface area contributed by atoms with Crippen molar-refractivity contribution in [2.75, 3.05) is 6.61 Å². The van der Waals surface area contributed by atoms with Crippen LogP contribution < -0.4 is 4.74 Å². The molecule has 0 amide bonds. The molecule has 4 heteroatoms. The van der Waals surface area contributed by atoms with E-state index in [1.807, 2.05) is 13.0 Å². The van der Waals surface area contributed by atoms with Crippen LogP contribution in [0.1, 0.15) is 26.7 Å². The quantitative estimate of drug-likeness (QED) is 0.575. The predicted molar refractivity (Wildman–Crippen MR) is 67.1 cm³/mol. The number of para-hydroxylation sites is 1. The SMILES string of the molecule is CCOC(=O)CC(CC)C(=O)Oc1ccccc1. The van der Waals surface area contributed by atoms with Gasteiger partial charge in [-0.1, -0.05) is 25.1 Å². The molecule has 1 aromatic rings. The fourth-order valence-electron chi connectivity index (χ4n) is 1.50. The number of rotatable bonds is 6. The third kappa shape index (κ3) is 4.57. The lowest BCUT2D eigenvalue weighted by atomic mass is 10.0. The first-order valence-electron chi connectivity index (χ1n) is 6.09. The summed E-state index contributed by atoms with van der Waals surface area (Å²) in [5.74, 6) is -0.722. The molecule has 0 N–H and O–H groups in total. The number of carbonyl (C=O) groups is 2. The van der Waals surface area contributed by atoms with Crippen LogP contribution in [0.4, 0.5) is 0 Å². The smallest absolute Gasteiger partial charge is 0.314 e. The molecule has 0 radical (unpaired) electrons. The molecule has 1 atom stereocenters. The summed E-state index contributed by atoms with van der Waals surface area (Å²) in [5, 5.41) is 0. The first kappa shape index (κ1) is 14.2. The van der Waals surface area contributed by atoms with E-state index in [-0.39, 0.29) is 12.4 Å². The van der Waals surface area contributed by atoms with Crippen molar-refractivity contribution in [1.29, 1.82) is 0 Å². The van der Waals surface area contributed by atoms with Crippen molar-refractivity contribution in [2.24, 2.45) is 5.92 Å². The average Bonchev–Trinajstić information content (AvgIpc) is 2.37. The maximum absolute atomic E-state index is 11.9. The van der Waals surface area contributed by atoms with E-state index < -0.39 is 11.9 Å². The van der Waals surface area contributed by atoms with Crippen molar-refractivity contribution in [2.45, 2.75) is 26.7 Å². The molecule has 1 aromatic carbocycles. The lowest BCUT2D eigenvalue weighted by Crippen LogP contribution is -2.23. The van der Waals surface area contributed by atoms with Gasteiger partial charge < -0.3 is 9.47 Å². The Morgan fingerprint density at radius 1 is 1.17 bits per heavy atom. The normalized spacial score (nSPS) is 11.7. The Morgan fingerprint density at radius 2 is 1.83 bits per heavy atom. The van der Waals surface area contributed by atoms with Crippen LogP contribution in [0.25, 0.3) is 0 Å². The van der Waals surface area contributed by atoms with E-state index in [0.29, 0.717) is 18.8 Å². The van der Waals surface area contributed by atoms with Crippen molar-refractivity contribution >= 4 is 11.9 Å². The Kier molecular flexibility index (Phi) is 5.91. The van der Waals surface area contributed by atoms with Crippen molar-refractivity contribution in [3.05, 3.63) is 30.3 Å². The molecule has 98 valence electrons. The van der Waals surface area contributed by atoms with Gasteiger partial charge in [0.05, 0.1) is 18.9 Å². The van der Waals surface area contributed by atoms with E-state index in [1.165, 1.54) is 0 Å². The largest absolute Gasteiger partial charge is 0.466 e. The van der Waals surface area contributed by atoms with Gasteiger partial charge >= 0.3 is 11.9 Å². The van der Waals surface area contributed by atoms with Gasteiger partial charge in [0.1, 0.15) is 5.75 Å². The van der Waals surface area contributed by atoms with Crippen LogP contribution in [0, 0.1) is 5.92 Å². The Labute approximate surface area is 107 Å². The number of ether oxygens (including phenoxy) is 2. The van der Waals surface area contributed by atoms with E-state index in [9.17, 15) is 9.59 Å². The minimum Gasteiger partial charge on any atom is -0.466 e. The zero-order valence-corrected chi connectivity index (χ0v) is 10.7. The molecule has 4 nitrogen and oxygen atoms in total. The molecule has 0 heterocycles. The van der Waals surface area contributed by atoms with Crippen LogP contribution in [-0.4, -0.2) is 18.5 Å². The fourth-order valence-corrected chi connectivity index (χ4v) is 1.50. The molecule has 0 aliphatic heterocycles. The van der Waals surface area contributed by atoms with E-state index in [1.54, 1.807) is 31.2 Å². The molecule has 0 aliphatic carbocycles. The summed E-state index contributed by atoms with van der Waals surface area (Å²) in [4.78, 5) is 23.2. The number of esters is 2. The highest BCUT2D eigenvalue weighted by molar-refractivity contribution is 5.81. The lowest BCUT2D eigenvalue weighted by Gasteiger charge is -2.13. The molecule has 0 bridgehead atoms.